The third-order valence-electron chi connectivity index (χ3n) is 5.63. The van der Waals surface area contributed by atoms with E-state index in [9.17, 15) is 35.4 Å². The molecule has 0 aliphatic rings. The first kappa shape index (κ1) is 26.1. The van der Waals surface area contributed by atoms with Crippen LogP contribution in [0.5, 0.6) is 0 Å². The normalized spacial score (nSPS) is 14.2. The Kier molecular flexibility index (Phi) is 9.96. The SMILES string of the molecule is O=C(C(O)CCCCC(O)(O)c1ccccc1)C(O)CCCCC(O)(O)c1ccccc1. The van der Waals surface area contributed by atoms with E-state index < -0.39 is 29.6 Å². The molecule has 6 N–H and O–H groups in total. The molecule has 0 saturated carbocycles. The van der Waals surface area contributed by atoms with Crippen LogP contribution in [0.3, 0.4) is 0 Å². The highest BCUT2D eigenvalue weighted by atomic mass is 16.5. The van der Waals surface area contributed by atoms with Gasteiger partial charge in [-0.3, -0.25) is 4.79 Å². The van der Waals surface area contributed by atoms with E-state index in [1.54, 1.807) is 60.7 Å². The first-order chi connectivity index (χ1) is 15.1. The van der Waals surface area contributed by atoms with Crippen LogP contribution in [0.2, 0.25) is 0 Å². The number of rotatable bonds is 14. The van der Waals surface area contributed by atoms with Crippen LogP contribution in [-0.4, -0.2) is 48.6 Å². The molecule has 0 fully saturated rings. The van der Waals surface area contributed by atoms with Gasteiger partial charge >= 0.3 is 0 Å². The summed E-state index contributed by atoms with van der Waals surface area (Å²) in [7, 11) is 0. The van der Waals surface area contributed by atoms with E-state index in [0.29, 0.717) is 36.8 Å². The van der Waals surface area contributed by atoms with Gasteiger partial charge in [-0.25, -0.2) is 0 Å². The van der Waals surface area contributed by atoms with E-state index in [1.165, 1.54) is 0 Å². The lowest BCUT2D eigenvalue weighted by molar-refractivity contribution is -0.176. The number of hydrogen-bond acceptors (Lipinski definition) is 7. The molecule has 2 aromatic carbocycles. The minimum absolute atomic E-state index is 0.0615. The molecule has 176 valence electrons. The number of ketones is 1. The lowest BCUT2D eigenvalue weighted by atomic mass is 9.95. The van der Waals surface area contributed by atoms with Gasteiger partial charge in [-0.05, 0) is 25.7 Å². The summed E-state index contributed by atoms with van der Waals surface area (Å²) >= 11 is 0. The molecule has 0 bridgehead atoms. The topological polar surface area (TPSA) is 138 Å². The number of unbranched alkanes of at least 4 members (excludes halogenated alkanes) is 2. The summed E-state index contributed by atoms with van der Waals surface area (Å²) in [5.41, 5.74) is 0.767. The van der Waals surface area contributed by atoms with Gasteiger partial charge in [0.2, 0.25) is 0 Å². The Bertz CT molecular complexity index is 738. The fourth-order valence-corrected chi connectivity index (χ4v) is 3.62. The molecule has 0 radical (unpaired) electrons. The summed E-state index contributed by atoms with van der Waals surface area (Å²) in [6.07, 6.45) is -0.740. The lowest BCUT2D eigenvalue weighted by Crippen LogP contribution is -2.32. The Morgan fingerprint density at radius 2 is 0.969 bits per heavy atom. The van der Waals surface area contributed by atoms with Crippen LogP contribution in [0.4, 0.5) is 0 Å². The molecule has 2 atom stereocenters. The smallest absolute Gasteiger partial charge is 0.189 e. The summed E-state index contributed by atoms with van der Waals surface area (Å²) in [5, 5.41) is 60.7. The fraction of sp³-hybridized carbons (Fsp3) is 0.480. The summed E-state index contributed by atoms with van der Waals surface area (Å²) in [6.45, 7) is 0. The molecule has 0 heterocycles. The summed E-state index contributed by atoms with van der Waals surface area (Å²) < 4.78 is 0. The van der Waals surface area contributed by atoms with Crippen LogP contribution >= 0.6 is 0 Å². The summed E-state index contributed by atoms with van der Waals surface area (Å²) in [4.78, 5) is 12.2. The molecule has 7 heteroatoms. The van der Waals surface area contributed by atoms with Gasteiger partial charge in [0.1, 0.15) is 12.2 Å². The molecule has 0 aliphatic carbocycles. The number of Topliss-reactive ketones (excluding diaryl/α,β-unsaturated/α-hetero) is 1. The van der Waals surface area contributed by atoms with Gasteiger partial charge in [0.15, 0.2) is 17.4 Å². The van der Waals surface area contributed by atoms with Crippen molar-refractivity contribution in [1.29, 1.82) is 0 Å². The van der Waals surface area contributed by atoms with Crippen molar-refractivity contribution in [1.82, 2.24) is 0 Å². The van der Waals surface area contributed by atoms with E-state index >= 15 is 0 Å². The van der Waals surface area contributed by atoms with E-state index in [2.05, 4.69) is 0 Å². The van der Waals surface area contributed by atoms with Gasteiger partial charge in [0.05, 0.1) is 0 Å². The first-order valence-corrected chi connectivity index (χ1v) is 11.0. The minimum atomic E-state index is -1.97. The molecule has 0 spiro atoms. The Morgan fingerprint density at radius 1 is 0.625 bits per heavy atom. The molecule has 32 heavy (non-hydrogen) atoms. The largest absolute Gasteiger partial charge is 0.385 e. The highest BCUT2D eigenvalue weighted by molar-refractivity contribution is 5.86. The van der Waals surface area contributed by atoms with E-state index in [4.69, 9.17) is 0 Å². The Labute approximate surface area is 188 Å². The summed E-state index contributed by atoms with van der Waals surface area (Å²) in [5.74, 6) is -4.61. The third kappa shape index (κ3) is 8.09. The maximum Gasteiger partial charge on any atom is 0.189 e. The second-order valence-electron chi connectivity index (χ2n) is 8.29. The average Bonchev–Trinajstić information content (AvgIpc) is 2.80. The molecule has 7 nitrogen and oxygen atoms in total. The molecule has 2 aromatic rings. The van der Waals surface area contributed by atoms with Crippen LogP contribution in [0.25, 0.3) is 0 Å². The van der Waals surface area contributed by atoms with Gasteiger partial charge in [-0.1, -0.05) is 73.5 Å². The predicted octanol–water partition coefficient (Wildman–Crippen LogP) is 2.07. The van der Waals surface area contributed by atoms with E-state index in [0.717, 1.165) is 0 Å². The van der Waals surface area contributed by atoms with Crippen molar-refractivity contribution >= 4 is 5.78 Å². The molecule has 2 rings (SSSR count). The highest BCUT2D eigenvalue weighted by Gasteiger charge is 2.27. The standard InChI is InChI=1S/C25H34O7/c26-21(15-7-9-17-24(29,30)19-11-3-1-4-12-19)23(28)22(27)16-8-10-18-25(31,32)20-13-5-2-6-14-20/h1-6,11-14,21-22,26-27,29-32H,7-10,15-18H2. The van der Waals surface area contributed by atoms with Crippen molar-refractivity contribution in [3.05, 3.63) is 71.8 Å². The molecule has 0 aliphatic heterocycles. The van der Waals surface area contributed by atoms with Gasteiger partial charge in [0, 0.05) is 24.0 Å². The van der Waals surface area contributed by atoms with Crippen molar-refractivity contribution in [2.24, 2.45) is 0 Å². The van der Waals surface area contributed by atoms with Gasteiger partial charge in [0.25, 0.3) is 0 Å². The number of carbonyl (C=O) groups is 1. The number of aliphatic hydroxyl groups excluding tert-OH is 2. The lowest BCUT2D eigenvalue weighted by Gasteiger charge is -2.23. The van der Waals surface area contributed by atoms with Crippen LogP contribution in [0.15, 0.2) is 60.7 Å². The zero-order chi connectivity index (χ0) is 23.6. The number of carbonyl (C=O) groups excluding carboxylic acids is 1. The van der Waals surface area contributed by atoms with Crippen LogP contribution in [-0.2, 0) is 16.4 Å². The Hall–Kier alpha value is -2.13. The number of benzene rings is 2. The van der Waals surface area contributed by atoms with Gasteiger partial charge < -0.3 is 30.6 Å². The fourth-order valence-electron chi connectivity index (χ4n) is 3.62. The Morgan fingerprint density at radius 3 is 1.31 bits per heavy atom. The van der Waals surface area contributed by atoms with Gasteiger partial charge in [-0.15, -0.1) is 0 Å². The van der Waals surface area contributed by atoms with Crippen molar-refractivity contribution in [2.45, 2.75) is 75.1 Å². The second kappa shape index (κ2) is 12.2. The number of hydrogen-bond donors (Lipinski definition) is 6. The zero-order valence-corrected chi connectivity index (χ0v) is 18.2. The molecule has 0 aromatic heterocycles. The maximum atomic E-state index is 12.2. The Balaban J connectivity index is 1.65. The molecular formula is C25H34O7. The van der Waals surface area contributed by atoms with Crippen LogP contribution in [0.1, 0.15) is 62.5 Å². The third-order valence-corrected chi connectivity index (χ3v) is 5.63. The molecule has 2 unspecified atom stereocenters. The highest BCUT2D eigenvalue weighted by Crippen LogP contribution is 2.26. The first-order valence-electron chi connectivity index (χ1n) is 11.0. The van der Waals surface area contributed by atoms with Crippen molar-refractivity contribution in [2.75, 3.05) is 0 Å². The predicted molar refractivity (Wildman–Crippen MR) is 119 cm³/mol. The van der Waals surface area contributed by atoms with Gasteiger partial charge in [-0.2, -0.15) is 0 Å². The van der Waals surface area contributed by atoms with E-state index in [1.807, 2.05) is 0 Å². The van der Waals surface area contributed by atoms with Crippen LogP contribution < -0.4 is 0 Å². The van der Waals surface area contributed by atoms with Crippen molar-refractivity contribution in [3.63, 3.8) is 0 Å². The molecule has 0 amide bonds. The minimum Gasteiger partial charge on any atom is -0.385 e. The maximum absolute atomic E-state index is 12.2. The average molecular weight is 447 g/mol. The molecular weight excluding hydrogens is 412 g/mol. The second-order valence-corrected chi connectivity index (χ2v) is 8.29. The quantitative estimate of drug-likeness (QED) is 0.193. The zero-order valence-electron chi connectivity index (χ0n) is 18.2. The summed E-state index contributed by atoms with van der Waals surface area (Å²) in [6, 6.07) is 16.9. The van der Waals surface area contributed by atoms with Crippen molar-refractivity contribution in [3.8, 4) is 0 Å². The monoisotopic (exact) mass is 446 g/mol. The van der Waals surface area contributed by atoms with E-state index in [-0.39, 0.29) is 25.7 Å². The van der Waals surface area contributed by atoms with Crippen LogP contribution in [0, 0.1) is 0 Å². The number of aliphatic hydroxyl groups is 6. The molecule has 0 saturated heterocycles. The van der Waals surface area contributed by atoms with Crippen molar-refractivity contribution < 1.29 is 35.4 Å².